The van der Waals surface area contributed by atoms with E-state index in [4.69, 9.17) is 19.7 Å². The Morgan fingerprint density at radius 1 is 0.529 bits per heavy atom. The SMILES string of the molecule is COC(=O)c1cc(OC(=O)c2ccc(C(=O)O)cc2)cc(OC(=O)c2ccc(C(=O)O)cc2)c1. The van der Waals surface area contributed by atoms with E-state index in [0.717, 1.165) is 7.11 Å². The summed E-state index contributed by atoms with van der Waals surface area (Å²) in [5.41, 5.74) is -0.0150. The molecule has 3 rings (SSSR count). The fraction of sp³-hybridized carbons (Fsp3) is 0.0417. The zero-order valence-corrected chi connectivity index (χ0v) is 17.5. The number of carbonyl (C=O) groups is 5. The number of hydrogen-bond acceptors (Lipinski definition) is 8. The van der Waals surface area contributed by atoms with Crippen LogP contribution in [0, 0.1) is 0 Å². The van der Waals surface area contributed by atoms with E-state index < -0.39 is 29.8 Å². The predicted molar refractivity (Wildman–Crippen MR) is 115 cm³/mol. The Hall–Kier alpha value is -4.99. The maximum absolute atomic E-state index is 12.4. The number of carboxylic acids is 2. The molecule has 0 unspecified atom stereocenters. The first-order valence-corrected chi connectivity index (χ1v) is 9.52. The molecule has 172 valence electrons. The Labute approximate surface area is 191 Å². The van der Waals surface area contributed by atoms with Crippen molar-refractivity contribution >= 4 is 29.8 Å². The van der Waals surface area contributed by atoms with Crippen molar-refractivity contribution in [3.63, 3.8) is 0 Å². The molecule has 0 heterocycles. The van der Waals surface area contributed by atoms with Crippen LogP contribution in [0.5, 0.6) is 11.5 Å². The summed E-state index contributed by atoms with van der Waals surface area (Å²) in [6, 6.07) is 13.6. The predicted octanol–water partition coefficient (Wildman–Crippen LogP) is 3.31. The largest absolute Gasteiger partial charge is 0.478 e. The summed E-state index contributed by atoms with van der Waals surface area (Å²) in [5.74, 6) is -5.07. The highest BCUT2D eigenvalue weighted by molar-refractivity contribution is 5.96. The van der Waals surface area contributed by atoms with Gasteiger partial charge in [-0.1, -0.05) is 0 Å². The average Bonchev–Trinajstić information content (AvgIpc) is 2.83. The molecule has 34 heavy (non-hydrogen) atoms. The molecule has 0 aliphatic rings. The lowest BCUT2D eigenvalue weighted by molar-refractivity contribution is 0.0594. The third kappa shape index (κ3) is 5.62. The lowest BCUT2D eigenvalue weighted by Gasteiger charge is -2.10. The van der Waals surface area contributed by atoms with E-state index in [-0.39, 0.29) is 39.3 Å². The van der Waals surface area contributed by atoms with Gasteiger partial charge < -0.3 is 24.4 Å². The van der Waals surface area contributed by atoms with E-state index in [1.165, 1.54) is 66.7 Å². The molecule has 3 aromatic carbocycles. The average molecular weight is 464 g/mol. The number of benzene rings is 3. The summed E-state index contributed by atoms with van der Waals surface area (Å²) in [5, 5.41) is 17.9. The number of hydrogen-bond donors (Lipinski definition) is 2. The molecule has 10 heteroatoms. The van der Waals surface area contributed by atoms with Gasteiger partial charge in [0.1, 0.15) is 11.5 Å². The van der Waals surface area contributed by atoms with Gasteiger partial charge in [0.2, 0.25) is 0 Å². The third-order valence-electron chi connectivity index (χ3n) is 4.46. The first-order chi connectivity index (χ1) is 16.2. The number of aromatic carboxylic acids is 2. The maximum Gasteiger partial charge on any atom is 0.343 e. The Kier molecular flexibility index (Phi) is 7.02. The zero-order valence-electron chi connectivity index (χ0n) is 17.5. The van der Waals surface area contributed by atoms with Gasteiger partial charge in [0.25, 0.3) is 0 Å². The van der Waals surface area contributed by atoms with Gasteiger partial charge in [-0.15, -0.1) is 0 Å². The highest BCUT2D eigenvalue weighted by Crippen LogP contribution is 2.25. The summed E-state index contributed by atoms with van der Waals surface area (Å²) in [7, 11) is 1.14. The third-order valence-corrected chi connectivity index (χ3v) is 4.46. The quantitative estimate of drug-likeness (QED) is 0.393. The molecule has 0 radical (unpaired) electrons. The molecule has 0 aliphatic heterocycles. The summed E-state index contributed by atoms with van der Waals surface area (Å²) in [4.78, 5) is 58.8. The van der Waals surface area contributed by atoms with E-state index in [1.807, 2.05) is 0 Å². The summed E-state index contributed by atoms with van der Waals surface area (Å²) in [6.45, 7) is 0. The summed E-state index contributed by atoms with van der Waals surface area (Å²) < 4.78 is 15.2. The van der Waals surface area contributed by atoms with E-state index in [0.29, 0.717) is 0 Å². The molecule has 0 bridgehead atoms. The van der Waals surface area contributed by atoms with Gasteiger partial charge >= 0.3 is 29.8 Å². The van der Waals surface area contributed by atoms with Crippen LogP contribution in [0.3, 0.4) is 0 Å². The standard InChI is InChI=1S/C24H16O10/c1-32-22(29)17-10-18(33-23(30)15-6-2-13(3-7-15)20(25)26)12-19(11-17)34-24(31)16-8-4-14(5-9-16)21(27)28/h2-12H,1H3,(H,25,26)(H,27,28). The first-order valence-electron chi connectivity index (χ1n) is 9.52. The van der Waals surface area contributed by atoms with Crippen molar-refractivity contribution in [3.05, 3.63) is 94.5 Å². The Balaban J connectivity index is 1.84. The topological polar surface area (TPSA) is 154 Å². The number of carboxylic acid groups (broad SMARTS) is 2. The molecule has 0 aromatic heterocycles. The molecule has 0 aliphatic carbocycles. The van der Waals surface area contributed by atoms with Crippen molar-refractivity contribution in [1.82, 2.24) is 0 Å². The Bertz CT molecular complexity index is 1180. The van der Waals surface area contributed by atoms with Crippen molar-refractivity contribution in [3.8, 4) is 11.5 Å². The van der Waals surface area contributed by atoms with Crippen molar-refractivity contribution in [2.24, 2.45) is 0 Å². The van der Waals surface area contributed by atoms with Crippen LogP contribution < -0.4 is 9.47 Å². The van der Waals surface area contributed by atoms with E-state index >= 15 is 0 Å². The van der Waals surface area contributed by atoms with Gasteiger partial charge in [0.15, 0.2) is 0 Å². The van der Waals surface area contributed by atoms with Crippen LogP contribution in [-0.4, -0.2) is 47.2 Å². The molecule has 2 N–H and O–H groups in total. The van der Waals surface area contributed by atoms with Crippen LogP contribution >= 0.6 is 0 Å². The summed E-state index contributed by atoms with van der Waals surface area (Å²) >= 11 is 0. The van der Waals surface area contributed by atoms with E-state index in [9.17, 15) is 24.0 Å². The normalized spacial score (nSPS) is 10.1. The van der Waals surface area contributed by atoms with Crippen molar-refractivity contribution in [2.45, 2.75) is 0 Å². The number of rotatable bonds is 7. The van der Waals surface area contributed by atoms with Crippen molar-refractivity contribution < 1.29 is 48.4 Å². The van der Waals surface area contributed by atoms with Gasteiger partial charge in [-0.3, -0.25) is 0 Å². The fourth-order valence-corrected chi connectivity index (χ4v) is 2.75. The Morgan fingerprint density at radius 2 is 0.882 bits per heavy atom. The highest BCUT2D eigenvalue weighted by atomic mass is 16.5. The number of carbonyl (C=O) groups excluding carboxylic acids is 3. The monoisotopic (exact) mass is 464 g/mol. The van der Waals surface area contributed by atoms with E-state index in [2.05, 4.69) is 4.74 Å². The van der Waals surface area contributed by atoms with Gasteiger partial charge in [-0.2, -0.15) is 0 Å². The molecule has 0 spiro atoms. The van der Waals surface area contributed by atoms with Gasteiger partial charge in [-0.25, -0.2) is 24.0 Å². The van der Waals surface area contributed by atoms with Crippen LogP contribution in [-0.2, 0) is 4.74 Å². The van der Waals surface area contributed by atoms with E-state index in [1.54, 1.807) is 0 Å². The van der Waals surface area contributed by atoms with Crippen molar-refractivity contribution in [2.75, 3.05) is 7.11 Å². The number of methoxy groups -OCH3 is 1. The molecule has 10 nitrogen and oxygen atoms in total. The second-order valence-electron chi connectivity index (χ2n) is 6.73. The molecule has 0 saturated heterocycles. The molecule has 0 saturated carbocycles. The van der Waals surface area contributed by atoms with Gasteiger partial charge in [0, 0.05) is 6.07 Å². The molecular formula is C24H16O10. The fourth-order valence-electron chi connectivity index (χ4n) is 2.75. The second-order valence-corrected chi connectivity index (χ2v) is 6.73. The van der Waals surface area contributed by atoms with Crippen LogP contribution in [0.4, 0.5) is 0 Å². The smallest absolute Gasteiger partial charge is 0.343 e. The van der Waals surface area contributed by atoms with Gasteiger partial charge in [0.05, 0.1) is 34.9 Å². The first kappa shape index (κ1) is 23.7. The highest BCUT2D eigenvalue weighted by Gasteiger charge is 2.17. The molecular weight excluding hydrogens is 448 g/mol. The summed E-state index contributed by atoms with van der Waals surface area (Å²) in [6.07, 6.45) is 0. The maximum atomic E-state index is 12.4. The second kappa shape index (κ2) is 10.1. The van der Waals surface area contributed by atoms with Crippen molar-refractivity contribution in [1.29, 1.82) is 0 Å². The minimum atomic E-state index is -1.16. The minimum absolute atomic E-state index is 0.0187. The lowest BCUT2D eigenvalue weighted by atomic mass is 10.1. The number of ether oxygens (including phenoxy) is 3. The zero-order chi connectivity index (χ0) is 24.8. The minimum Gasteiger partial charge on any atom is -0.478 e. The lowest BCUT2D eigenvalue weighted by Crippen LogP contribution is -2.12. The molecule has 0 amide bonds. The number of esters is 3. The van der Waals surface area contributed by atoms with Crippen LogP contribution in [0.25, 0.3) is 0 Å². The molecule has 3 aromatic rings. The Morgan fingerprint density at radius 3 is 1.21 bits per heavy atom. The van der Waals surface area contributed by atoms with Crippen LogP contribution in [0.2, 0.25) is 0 Å². The van der Waals surface area contributed by atoms with Crippen LogP contribution in [0.1, 0.15) is 51.8 Å². The van der Waals surface area contributed by atoms with Crippen LogP contribution in [0.15, 0.2) is 66.7 Å². The molecule has 0 fully saturated rings. The van der Waals surface area contributed by atoms with Gasteiger partial charge in [-0.05, 0) is 60.7 Å². The molecule has 0 atom stereocenters.